The van der Waals surface area contributed by atoms with E-state index in [0.29, 0.717) is 18.5 Å². The molecule has 0 saturated heterocycles. The van der Waals surface area contributed by atoms with Crippen LogP contribution in [0.4, 0.5) is 5.69 Å². The van der Waals surface area contributed by atoms with Crippen molar-refractivity contribution >= 4 is 27.5 Å². The first-order valence-corrected chi connectivity index (χ1v) is 16.5. The molecule has 224 valence electrons. The molecule has 1 N–H and O–H groups in total. The van der Waals surface area contributed by atoms with Gasteiger partial charge in [0.1, 0.15) is 12.6 Å². The SMILES string of the molecule is CCc1ccccc1N(CC(=O)N(CCc1ccccc1)[C@H](C)C(=O)NC1CCCCC1)S(=O)(=O)c1ccc(C)cc1. The van der Waals surface area contributed by atoms with Crippen LogP contribution in [0.15, 0.2) is 83.8 Å². The van der Waals surface area contributed by atoms with E-state index in [2.05, 4.69) is 5.32 Å². The van der Waals surface area contributed by atoms with Crippen LogP contribution in [0.3, 0.4) is 0 Å². The molecule has 0 unspecified atom stereocenters. The first-order valence-electron chi connectivity index (χ1n) is 15.0. The molecule has 0 aliphatic heterocycles. The number of anilines is 1. The van der Waals surface area contributed by atoms with Crippen molar-refractivity contribution in [2.24, 2.45) is 0 Å². The average Bonchev–Trinajstić information content (AvgIpc) is 3.01. The highest BCUT2D eigenvalue weighted by molar-refractivity contribution is 7.92. The fourth-order valence-corrected chi connectivity index (χ4v) is 6.99. The van der Waals surface area contributed by atoms with Crippen LogP contribution < -0.4 is 9.62 Å². The molecule has 0 aromatic heterocycles. The number of rotatable bonds is 12. The van der Waals surface area contributed by atoms with Gasteiger partial charge in [0.15, 0.2) is 0 Å². The van der Waals surface area contributed by atoms with E-state index in [1.54, 1.807) is 43.3 Å². The van der Waals surface area contributed by atoms with Gasteiger partial charge in [-0.2, -0.15) is 0 Å². The summed E-state index contributed by atoms with van der Waals surface area (Å²) in [5.74, 6) is -0.621. The van der Waals surface area contributed by atoms with Crippen LogP contribution in [0.5, 0.6) is 0 Å². The van der Waals surface area contributed by atoms with Crippen LogP contribution in [-0.2, 0) is 32.5 Å². The van der Waals surface area contributed by atoms with Gasteiger partial charge in [0.2, 0.25) is 11.8 Å². The van der Waals surface area contributed by atoms with Crippen molar-refractivity contribution in [3.8, 4) is 0 Å². The second-order valence-electron chi connectivity index (χ2n) is 11.1. The Kier molecular flexibility index (Phi) is 10.8. The van der Waals surface area contributed by atoms with Crippen molar-refractivity contribution in [2.75, 3.05) is 17.4 Å². The Balaban J connectivity index is 1.66. The second kappa shape index (κ2) is 14.5. The van der Waals surface area contributed by atoms with Crippen molar-refractivity contribution < 1.29 is 18.0 Å². The van der Waals surface area contributed by atoms with Crippen molar-refractivity contribution in [1.29, 1.82) is 0 Å². The minimum Gasteiger partial charge on any atom is -0.352 e. The highest BCUT2D eigenvalue weighted by Gasteiger charge is 2.33. The summed E-state index contributed by atoms with van der Waals surface area (Å²) < 4.78 is 29.4. The number of hydrogen-bond donors (Lipinski definition) is 1. The molecule has 0 bridgehead atoms. The number of benzene rings is 3. The van der Waals surface area contributed by atoms with Crippen molar-refractivity contribution in [3.05, 3.63) is 95.6 Å². The van der Waals surface area contributed by atoms with E-state index in [9.17, 15) is 18.0 Å². The molecule has 0 radical (unpaired) electrons. The molecule has 0 spiro atoms. The number of carbonyl (C=O) groups is 2. The number of nitrogens with zero attached hydrogens (tertiary/aromatic N) is 2. The third kappa shape index (κ3) is 7.79. The third-order valence-corrected chi connectivity index (χ3v) is 9.91. The Hall–Kier alpha value is -3.65. The van der Waals surface area contributed by atoms with E-state index in [-0.39, 0.29) is 23.4 Å². The summed E-state index contributed by atoms with van der Waals surface area (Å²) in [6.45, 7) is 5.47. The topological polar surface area (TPSA) is 86.8 Å². The summed E-state index contributed by atoms with van der Waals surface area (Å²) in [5, 5.41) is 3.15. The smallest absolute Gasteiger partial charge is 0.264 e. The number of amides is 2. The lowest BCUT2D eigenvalue weighted by atomic mass is 9.95. The maximum Gasteiger partial charge on any atom is 0.264 e. The summed E-state index contributed by atoms with van der Waals surface area (Å²) in [4.78, 5) is 29.3. The summed E-state index contributed by atoms with van der Waals surface area (Å²) in [5.41, 5.74) is 3.27. The molecular formula is C34H43N3O4S. The van der Waals surface area contributed by atoms with Crippen LogP contribution >= 0.6 is 0 Å². The van der Waals surface area contributed by atoms with E-state index in [0.717, 1.165) is 42.4 Å². The quantitative estimate of drug-likeness (QED) is 0.295. The zero-order valence-electron chi connectivity index (χ0n) is 25.0. The monoisotopic (exact) mass is 589 g/mol. The van der Waals surface area contributed by atoms with Crippen LogP contribution in [0.1, 0.15) is 62.6 Å². The van der Waals surface area contributed by atoms with E-state index >= 15 is 0 Å². The molecule has 42 heavy (non-hydrogen) atoms. The van der Waals surface area contributed by atoms with E-state index in [4.69, 9.17) is 0 Å². The van der Waals surface area contributed by atoms with Crippen molar-refractivity contribution in [3.63, 3.8) is 0 Å². The summed E-state index contributed by atoms with van der Waals surface area (Å²) >= 11 is 0. The minimum absolute atomic E-state index is 0.106. The van der Waals surface area contributed by atoms with Gasteiger partial charge in [-0.3, -0.25) is 13.9 Å². The summed E-state index contributed by atoms with van der Waals surface area (Å²) in [6, 6.07) is 23.1. The standard InChI is InChI=1S/C34H43N3O4S/c1-4-29-15-11-12-18-32(29)37(42(40,41)31-21-19-26(2)20-22-31)25-33(38)36(24-23-28-13-7-5-8-14-28)27(3)34(39)35-30-16-9-6-10-17-30/h5,7-8,11-15,18-22,27,30H,4,6,9-10,16-17,23-25H2,1-3H3,(H,35,39)/t27-/m1/s1. The summed E-state index contributed by atoms with van der Waals surface area (Å²) in [7, 11) is -4.08. The fourth-order valence-electron chi connectivity index (χ4n) is 5.54. The number of nitrogens with one attached hydrogen (secondary N) is 1. The number of para-hydroxylation sites is 1. The highest BCUT2D eigenvalue weighted by atomic mass is 32.2. The van der Waals surface area contributed by atoms with Crippen LogP contribution in [0.25, 0.3) is 0 Å². The first kappa shape index (κ1) is 31.3. The molecule has 1 aliphatic rings. The van der Waals surface area contributed by atoms with Crippen LogP contribution in [0.2, 0.25) is 0 Å². The molecule has 4 rings (SSSR count). The Bertz CT molecular complexity index is 1440. The van der Waals surface area contributed by atoms with Gasteiger partial charge < -0.3 is 10.2 Å². The molecular weight excluding hydrogens is 546 g/mol. The molecule has 3 aromatic carbocycles. The van der Waals surface area contributed by atoms with Gasteiger partial charge in [0.25, 0.3) is 10.0 Å². The molecule has 1 saturated carbocycles. The predicted octanol–water partition coefficient (Wildman–Crippen LogP) is 5.66. The number of sulfonamides is 1. The average molecular weight is 590 g/mol. The van der Waals surface area contributed by atoms with Gasteiger partial charge >= 0.3 is 0 Å². The van der Waals surface area contributed by atoms with Gasteiger partial charge in [-0.15, -0.1) is 0 Å². The Morgan fingerprint density at radius 2 is 1.55 bits per heavy atom. The molecule has 7 nitrogen and oxygen atoms in total. The van der Waals surface area contributed by atoms with Gasteiger partial charge in [-0.05, 0) is 68.9 Å². The number of aryl methyl sites for hydroxylation is 2. The van der Waals surface area contributed by atoms with Crippen LogP contribution in [0, 0.1) is 6.92 Å². The van der Waals surface area contributed by atoms with Crippen molar-refractivity contribution in [2.45, 2.75) is 82.7 Å². The number of hydrogen-bond acceptors (Lipinski definition) is 4. The van der Waals surface area contributed by atoms with Gasteiger partial charge in [0.05, 0.1) is 10.6 Å². The molecule has 8 heteroatoms. The van der Waals surface area contributed by atoms with Crippen LogP contribution in [-0.4, -0.2) is 50.3 Å². The fraction of sp³-hybridized carbons (Fsp3) is 0.412. The third-order valence-electron chi connectivity index (χ3n) is 8.13. The molecule has 1 atom stereocenters. The predicted molar refractivity (Wildman–Crippen MR) is 168 cm³/mol. The molecule has 2 amide bonds. The zero-order valence-corrected chi connectivity index (χ0v) is 25.8. The second-order valence-corrected chi connectivity index (χ2v) is 13.0. The number of carbonyl (C=O) groups excluding carboxylic acids is 2. The molecule has 0 heterocycles. The van der Waals surface area contributed by atoms with E-state index in [1.807, 2.05) is 56.3 Å². The molecule has 1 aliphatic carbocycles. The zero-order chi connectivity index (χ0) is 30.1. The lowest BCUT2D eigenvalue weighted by Crippen LogP contribution is -2.53. The van der Waals surface area contributed by atoms with Gasteiger partial charge in [-0.25, -0.2) is 8.42 Å². The lowest BCUT2D eigenvalue weighted by molar-refractivity contribution is -0.139. The van der Waals surface area contributed by atoms with Gasteiger partial charge in [0, 0.05) is 12.6 Å². The van der Waals surface area contributed by atoms with Crippen molar-refractivity contribution in [1.82, 2.24) is 10.2 Å². The largest absolute Gasteiger partial charge is 0.352 e. The first-order chi connectivity index (χ1) is 20.2. The molecule has 3 aromatic rings. The Morgan fingerprint density at radius 1 is 0.905 bits per heavy atom. The normalized spacial score (nSPS) is 14.6. The van der Waals surface area contributed by atoms with E-state index in [1.165, 1.54) is 15.6 Å². The van der Waals surface area contributed by atoms with E-state index < -0.39 is 28.5 Å². The maximum absolute atomic E-state index is 14.2. The lowest BCUT2D eigenvalue weighted by Gasteiger charge is -2.33. The van der Waals surface area contributed by atoms with Gasteiger partial charge in [-0.1, -0.05) is 92.4 Å². The Morgan fingerprint density at radius 3 is 2.21 bits per heavy atom. The maximum atomic E-state index is 14.2. The highest BCUT2D eigenvalue weighted by Crippen LogP contribution is 2.28. The molecule has 1 fully saturated rings. The summed E-state index contributed by atoms with van der Waals surface area (Å²) in [6.07, 6.45) is 6.36. The minimum atomic E-state index is -4.08. The Labute approximate surface area is 251 Å².